The molecule has 0 aliphatic rings. The minimum absolute atomic E-state index is 0.321. The van der Waals surface area contributed by atoms with E-state index >= 15 is 0 Å². The highest BCUT2D eigenvalue weighted by Crippen LogP contribution is 2.25. The number of amides is 1. The van der Waals surface area contributed by atoms with Crippen molar-refractivity contribution in [2.45, 2.75) is 0 Å². The third kappa shape index (κ3) is 5.20. The number of ether oxygens (including phenoxy) is 2. The van der Waals surface area contributed by atoms with Crippen molar-refractivity contribution in [3.05, 3.63) is 109 Å². The number of nitrogens with one attached hydrogen (secondary N) is 2. The summed E-state index contributed by atoms with van der Waals surface area (Å²) in [4.78, 5) is 32.9. The van der Waals surface area contributed by atoms with Gasteiger partial charge in [0.15, 0.2) is 6.61 Å². The monoisotopic (exact) mass is 463 g/mol. The fourth-order valence-electron chi connectivity index (χ4n) is 3.58. The van der Waals surface area contributed by atoms with Gasteiger partial charge >= 0.3 is 5.97 Å². The Kier molecular flexibility index (Phi) is 6.21. The first-order valence-corrected chi connectivity index (χ1v) is 11.0. The summed E-state index contributed by atoms with van der Waals surface area (Å²) in [7, 11) is 0. The van der Waals surface area contributed by atoms with E-state index < -0.39 is 18.5 Å². The summed E-state index contributed by atoms with van der Waals surface area (Å²) < 4.78 is 11.0. The van der Waals surface area contributed by atoms with Gasteiger partial charge in [0, 0.05) is 11.3 Å². The minimum Gasteiger partial charge on any atom is -0.457 e. The van der Waals surface area contributed by atoms with Gasteiger partial charge < -0.3 is 19.8 Å². The third-order valence-electron chi connectivity index (χ3n) is 5.24. The maximum absolute atomic E-state index is 12.8. The zero-order chi connectivity index (χ0) is 24.0. The number of para-hydroxylation sites is 3. The summed E-state index contributed by atoms with van der Waals surface area (Å²) in [6.45, 7) is -0.421. The summed E-state index contributed by atoms with van der Waals surface area (Å²) in [5.41, 5.74) is 3.15. The van der Waals surface area contributed by atoms with Gasteiger partial charge in [-0.05, 0) is 54.6 Å². The van der Waals surface area contributed by atoms with Gasteiger partial charge in [-0.3, -0.25) is 4.79 Å². The summed E-state index contributed by atoms with van der Waals surface area (Å²) in [6, 6.07) is 30.9. The molecule has 172 valence electrons. The van der Waals surface area contributed by atoms with Crippen LogP contribution in [0.4, 0.5) is 5.69 Å². The highest BCUT2D eigenvalue weighted by Gasteiger charge is 2.17. The number of H-pyrrole nitrogens is 1. The molecular formula is C28H21N3O4. The molecule has 0 saturated carbocycles. The number of hydrogen-bond acceptors (Lipinski definition) is 5. The molecule has 0 aliphatic carbocycles. The number of aromatic nitrogens is 2. The maximum atomic E-state index is 12.8. The molecule has 5 rings (SSSR count). The highest BCUT2D eigenvalue weighted by molar-refractivity contribution is 5.99. The number of hydrogen-bond donors (Lipinski definition) is 2. The van der Waals surface area contributed by atoms with Gasteiger partial charge in [-0.25, -0.2) is 9.78 Å². The van der Waals surface area contributed by atoms with Gasteiger partial charge in [0.2, 0.25) is 0 Å². The Hall–Kier alpha value is -4.91. The Bertz CT molecular complexity index is 1440. The van der Waals surface area contributed by atoms with Crippen molar-refractivity contribution >= 4 is 28.6 Å². The lowest BCUT2D eigenvalue weighted by Gasteiger charge is -2.10. The van der Waals surface area contributed by atoms with Crippen LogP contribution in [0.1, 0.15) is 10.4 Å². The van der Waals surface area contributed by atoms with E-state index in [1.807, 2.05) is 60.7 Å². The number of benzene rings is 4. The van der Waals surface area contributed by atoms with Crippen LogP contribution < -0.4 is 10.1 Å². The SMILES string of the molecule is O=C(COC(=O)c1ccccc1-c1nc2ccccc2[nH]1)Nc1ccc(Oc2ccccc2)cc1. The van der Waals surface area contributed by atoms with Crippen LogP contribution in [0.5, 0.6) is 11.5 Å². The summed E-state index contributed by atoms with van der Waals surface area (Å²) in [5, 5.41) is 2.71. The molecule has 7 nitrogen and oxygen atoms in total. The van der Waals surface area contributed by atoms with E-state index in [0.717, 1.165) is 16.8 Å². The molecule has 35 heavy (non-hydrogen) atoms. The third-order valence-corrected chi connectivity index (χ3v) is 5.24. The molecule has 0 aliphatic heterocycles. The van der Waals surface area contributed by atoms with Gasteiger partial charge in [0.1, 0.15) is 17.3 Å². The number of imidazole rings is 1. The van der Waals surface area contributed by atoms with Crippen molar-refractivity contribution in [3.8, 4) is 22.9 Å². The second-order valence-corrected chi connectivity index (χ2v) is 7.71. The quantitative estimate of drug-likeness (QED) is 0.297. The van der Waals surface area contributed by atoms with Crippen molar-refractivity contribution in [1.82, 2.24) is 9.97 Å². The Morgan fingerprint density at radius 1 is 0.771 bits per heavy atom. The zero-order valence-electron chi connectivity index (χ0n) is 18.6. The fraction of sp³-hybridized carbons (Fsp3) is 0.0357. The molecule has 0 unspecified atom stereocenters. The zero-order valence-corrected chi connectivity index (χ0v) is 18.6. The van der Waals surface area contributed by atoms with Gasteiger partial charge in [-0.2, -0.15) is 0 Å². The number of rotatable bonds is 7. The second-order valence-electron chi connectivity index (χ2n) is 7.71. The number of fused-ring (bicyclic) bond motifs is 1. The Morgan fingerprint density at radius 2 is 1.46 bits per heavy atom. The first kappa shape index (κ1) is 21.9. The van der Waals surface area contributed by atoms with E-state index in [4.69, 9.17) is 9.47 Å². The number of anilines is 1. The molecule has 4 aromatic carbocycles. The van der Waals surface area contributed by atoms with Gasteiger partial charge in [0.05, 0.1) is 16.6 Å². The van der Waals surface area contributed by atoms with Crippen LogP contribution in [0.25, 0.3) is 22.4 Å². The molecule has 0 atom stereocenters. The molecular weight excluding hydrogens is 442 g/mol. The van der Waals surface area contributed by atoms with Crippen LogP contribution in [-0.4, -0.2) is 28.5 Å². The number of aromatic amines is 1. The molecule has 2 N–H and O–H groups in total. The standard InChI is InChI=1S/C28H21N3O4/c32-26(29-19-14-16-21(17-15-19)35-20-8-2-1-3-9-20)18-34-28(33)23-11-5-4-10-22(23)27-30-24-12-6-7-13-25(24)31-27/h1-17H,18H2,(H,29,32)(H,30,31). The molecule has 0 bridgehead atoms. The van der Waals surface area contributed by atoms with E-state index in [2.05, 4.69) is 15.3 Å². The summed E-state index contributed by atoms with van der Waals surface area (Å²) >= 11 is 0. The largest absolute Gasteiger partial charge is 0.457 e. The molecule has 0 radical (unpaired) electrons. The van der Waals surface area contributed by atoms with Crippen LogP contribution in [0.15, 0.2) is 103 Å². The topological polar surface area (TPSA) is 93.3 Å². The Morgan fingerprint density at radius 3 is 2.26 bits per heavy atom. The molecule has 0 spiro atoms. The summed E-state index contributed by atoms with van der Waals surface area (Å²) in [6.07, 6.45) is 0. The van der Waals surface area contributed by atoms with Crippen molar-refractivity contribution in [3.63, 3.8) is 0 Å². The van der Waals surface area contributed by atoms with E-state index in [-0.39, 0.29) is 0 Å². The molecule has 0 fully saturated rings. The van der Waals surface area contributed by atoms with Crippen molar-refractivity contribution in [2.75, 3.05) is 11.9 Å². The normalized spacial score (nSPS) is 10.6. The predicted molar refractivity (Wildman–Crippen MR) is 133 cm³/mol. The van der Waals surface area contributed by atoms with E-state index in [0.29, 0.717) is 28.4 Å². The van der Waals surface area contributed by atoms with Crippen LogP contribution in [0, 0.1) is 0 Å². The lowest BCUT2D eigenvalue weighted by molar-refractivity contribution is -0.119. The molecule has 1 amide bonds. The van der Waals surface area contributed by atoms with E-state index in [9.17, 15) is 9.59 Å². The van der Waals surface area contributed by atoms with Crippen LogP contribution >= 0.6 is 0 Å². The van der Waals surface area contributed by atoms with Crippen molar-refractivity contribution in [1.29, 1.82) is 0 Å². The number of carbonyl (C=O) groups excluding carboxylic acids is 2. The number of nitrogens with zero attached hydrogens (tertiary/aromatic N) is 1. The average molecular weight is 463 g/mol. The van der Waals surface area contributed by atoms with Gasteiger partial charge in [-0.1, -0.05) is 48.5 Å². The first-order chi connectivity index (χ1) is 17.2. The minimum atomic E-state index is -0.609. The lowest BCUT2D eigenvalue weighted by atomic mass is 10.1. The van der Waals surface area contributed by atoms with Crippen LogP contribution in [0.2, 0.25) is 0 Å². The molecule has 7 heteroatoms. The van der Waals surface area contributed by atoms with Gasteiger partial charge in [-0.15, -0.1) is 0 Å². The van der Waals surface area contributed by atoms with Crippen LogP contribution in [0.3, 0.4) is 0 Å². The molecule has 5 aromatic rings. The smallest absolute Gasteiger partial charge is 0.339 e. The Balaban J connectivity index is 1.20. The fourth-order valence-corrected chi connectivity index (χ4v) is 3.58. The van der Waals surface area contributed by atoms with Crippen molar-refractivity contribution in [2.24, 2.45) is 0 Å². The number of esters is 1. The highest BCUT2D eigenvalue weighted by atomic mass is 16.5. The maximum Gasteiger partial charge on any atom is 0.339 e. The second kappa shape index (κ2) is 9.93. The molecule has 0 saturated heterocycles. The Labute approximate surface area is 201 Å². The van der Waals surface area contributed by atoms with Crippen LogP contribution in [-0.2, 0) is 9.53 Å². The molecule has 1 aromatic heterocycles. The van der Waals surface area contributed by atoms with E-state index in [1.165, 1.54) is 0 Å². The lowest BCUT2D eigenvalue weighted by Crippen LogP contribution is -2.21. The number of carbonyl (C=O) groups is 2. The van der Waals surface area contributed by atoms with Gasteiger partial charge in [0.25, 0.3) is 5.91 Å². The first-order valence-electron chi connectivity index (χ1n) is 11.0. The van der Waals surface area contributed by atoms with E-state index in [1.54, 1.807) is 42.5 Å². The average Bonchev–Trinajstić information content (AvgIpc) is 3.33. The van der Waals surface area contributed by atoms with Crippen molar-refractivity contribution < 1.29 is 19.1 Å². The summed E-state index contributed by atoms with van der Waals surface area (Å²) in [5.74, 6) is 0.863. The molecule has 1 heterocycles. The predicted octanol–water partition coefficient (Wildman–Crippen LogP) is 5.82.